The van der Waals surface area contributed by atoms with Crippen LogP contribution in [0.1, 0.15) is 39.5 Å². The second kappa shape index (κ2) is 6.98. The van der Waals surface area contributed by atoms with E-state index < -0.39 is 0 Å². The summed E-state index contributed by atoms with van der Waals surface area (Å²) in [6.07, 6.45) is 6.39. The predicted molar refractivity (Wildman–Crippen MR) is 73.0 cm³/mol. The lowest BCUT2D eigenvalue weighted by atomic mass is 9.89. The Kier molecular flexibility index (Phi) is 5.02. The molecule has 0 N–H and O–H groups in total. The highest BCUT2D eigenvalue weighted by Crippen LogP contribution is 2.27. The molecule has 0 saturated heterocycles. The van der Waals surface area contributed by atoms with Gasteiger partial charge in [0.2, 0.25) is 11.8 Å². The molecule has 0 aromatic carbocycles. The molecule has 19 heavy (non-hydrogen) atoms. The molecule has 4 heteroatoms. The Bertz CT molecular complexity index is 457. The summed E-state index contributed by atoms with van der Waals surface area (Å²) >= 11 is 0. The van der Waals surface area contributed by atoms with Crippen LogP contribution in [0, 0.1) is 17.8 Å². The minimum absolute atomic E-state index is 0.273. The highest BCUT2D eigenvalue weighted by molar-refractivity contribution is 5.19. The van der Waals surface area contributed by atoms with Gasteiger partial charge in [-0.2, -0.15) is 0 Å². The Morgan fingerprint density at radius 2 is 1.95 bits per heavy atom. The van der Waals surface area contributed by atoms with Gasteiger partial charge in [0, 0.05) is 0 Å². The maximum Gasteiger partial charge on any atom is 0.221 e. The summed E-state index contributed by atoms with van der Waals surface area (Å²) in [6, 6.07) is 1.73. The zero-order valence-electron chi connectivity index (χ0n) is 11.6. The Labute approximate surface area is 114 Å². The van der Waals surface area contributed by atoms with Crippen LogP contribution < -0.4 is 9.47 Å². The Balaban J connectivity index is 1.89. The molecule has 1 heterocycles. The minimum Gasteiger partial charge on any atom is -0.474 e. The fraction of sp³-hybridized carbons (Fsp3) is 0.600. The number of hydrogen-bond acceptors (Lipinski definition) is 4. The zero-order valence-corrected chi connectivity index (χ0v) is 11.6. The largest absolute Gasteiger partial charge is 0.474 e. The van der Waals surface area contributed by atoms with E-state index in [4.69, 9.17) is 9.47 Å². The van der Waals surface area contributed by atoms with E-state index in [0.29, 0.717) is 18.4 Å². The predicted octanol–water partition coefficient (Wildman–Crippen LogP) is 2.84. The van der Waals surface area contributed by atoms with Crippen LogP contribution in [-0.4, -0.2) is 22.7 Å². The van der Waals surface area contributed by atoms with E-state index in [9.17, 15) is 0 Å². The summed E-state index contributed by atoms with van der Waals surface area (Å²) in [6.45, 7) is 4.41. The van der Waals surface area contributed by atoms with Crippen molar-refractivity contribution in [1.29, 1.82) is 0 Å². The summed E-state index contributed by atoms with van der Waals surface area (Å²) in [4.78, 5) is 8.17. The number of ether oxygens (including phenoxy) is 2. The molecule has 1 aliphatic carbocycles. The van der Waals surface area contributed by atoms with Gasteiger partial charge in [-0.05, 0) is 38.5 Å². The second-order valence-electron chi connectivity index (χ2n) is 4.91. The van der Waals surface area contributed by atoms with Gasteiger partial charge < -0.3 is 9.47 Å². The first-order chi connectivity index (χ1) is 9.28. The van der Waals surface area contributed by atoms with Gasteiger partial charge in [0.05, 0.1) is 6.07 Å². The summed E-state index contributed by atoms with van der Waals surface area (Å²) in [5.41, 5.74) is 0. The van der Waals surface area contributed by atoms with Crippen LogP contribution in [0.5, 0.6) is 11.8 Å². The first kappa shape index (κ1) is 13.7. The first-order valence-corrected chi connectivity index (χ1v) is 6.79. The molecule has 0 unspecified atom stereocenters. The van der Waals surface area contributed by atoms with Crippen molar-refractivity contribution in [1.82, 2.24) is 9.97 Å². The van der Waals surface area contributed by atoms with Gasteiger partial charge in [-0.25, -0.2) is 9.97 Å². The van der Waals surface area contributed by atoms with Crippen molar-refractivity contribution < 1.29 is 9.47 Å². The summed E-state index contributed by atoms with van der Waals surface area (Å²) in [7, 11) is 0. The second-order valence-corrected chi connectivity index (χ2v) is 4.91. The molecule has 4 nitrogen and oxygen atoms in total. The fourth-order valence-corrected chi connectivity index (χ4v) is 2.17. The van der Waals surface area contributed by atoms with E-state index in [0.717, 1.165) is 18.8 Å². The van der Waals surface area contributed by atoms with Crippen molar-refractivity contribution in [3.63, 3.8) is 0 Å². The van der Waals surface area contributed by atoms with Crippen LogP contribution in [0.3, 0.4) is 0 Å². The molecule has 102 valence electrons. The minimum atomic E-state index is 0.273. The third-order valence-electron chi connectivity index (χ3n) is 3.34. The summed E-state index contributed by atoms with van der Waals surface area (Å²) in [5, 5.41) is 0. The smallest absolute Gasteiger partial charge is 0.221 e. The van der Waals surface area contributed by atoms with E-state index in [1.165, 1.54) is 19.2 Å². The van der Waals surface area contributed by atoms with Crippen LogP contribution in [0.15, 0.2) is 12.4 Å². The molecule has 1 aromatic rings. The molecule has 1 saturated carbocycles. The van der Waals surface area contributed by atoms with Gasteiger partial charge in [0.15, 0.2) is 6.61 Å². The van der Waals surface area contributed by atoms with Crippen molar-refractivity contribution in [3.8, 4) is 23.6 Å². The van der Waals surface area contributed by atoms with Crippen molar-refractivity contribution in [2.24, 2.45) is 5.92 Å². The summed E-state index contributed by atoms with van der Waals surface area (Å²) in [5.74, 6) is 7.52. The molecular weight excluding hydrogens is 240 g/mol. The molecule has 0 aliphatic heterocycles. The molecule has 1 aliphatic rings. The van der Waals surface area contributed by atoms with Gasteiger partial charge in [-0.3, -0.25) is 0 Å². The van der Waals surface area contributed by atoms with Crippen LogP contribution >= 0.6 is 0 Å². The third-order valence-corrected chi connectivity index (χ3v) is 3.34. The van der Waals surface area contributed by atoms with E-state index in [1.807, 2.05) is 0 Å². The van der Waals surface area contributed by atoms with Gasteiger partial charge in [-0.1, -0.05) is 12.8 Å². The fourth-order valence-electron chi connectivity index (χ4n) is 2.17. The van der Waals surface area contributed by atoms with Crippen molar-refractivity contribution in [2.75, 3.05) is 6.61 Å². The lowest BCUT2D eigenvalue weighted by Gasteiger charge is -2.26. The SMILES string of the molecule is CC#CCOc1cc(O[C@H]2CC[C@H](C)CC2)ncn1. The van der Waals surface area contributed by atoms with Crippen LogP contribution in [0.2, 0.25) is 0 Å². The number of rotatable bonds is 4. The van der Waals surface area contributed by atoms with Gasteiger partial charge in [-0.15, -0.1) is 5.92 Å². The Morgan fingerprint density at radius 1 is 1.21 bits per heavy atom. The van der Waals surface area contributed by atoms with Crippen LogP contribution in [-0.2, 0) is 0 Å². The molecule has 0 spiro atoms. The van der Waals surface area contributed by atoms with Gasteiger partial charge in [0.1, 0.15) is 12.4 Å². The van der Waals surface area contributed by atoms with Gasteiger partial charge in [0.25, 0.3) is 0 Å². The average Bonchev–Trinajstić information content (AvgIpc) is 2.42. The topological polar surface area (TPSA) is 44.2 Å². The first-order valence-electron chi connectivity index (χ1n) is 6.79. The molecule has 0 amide bonds. The van der Waals surface area contributed by atoms with Gasteiger partial charge >= 0.3 is 0 Å². The van der Waals surface area contributed by atoms with Crippen molar-refractivity contribution >= 4 is 0 Å². The Hall–Kier alpha value is -1.76. The molecule has 0 atom stereocenters. The van der Waals surface area contributed by atoms with Crippen molar-refractivity contribution in [3.05, 3.63) is 12.4 Å². The highest BCUT2D eigenvalue weighted by Gasteiger charge is 2.20. The number of aromatic nitrogens is 2. The summed E-state index contributed by atoms with van der Waals surface area (Å²) < 4.78 is 11.3. The molecule has 0 bridgehead atoms. The average molecular weight is 260 g/mol. The lowest BCUT2D eigenvalue weighted by Crippen LogP contribution is -2.23. The number of hydrogen-bond donors (Lipinski definition) is 0. The Morgan fingerprint density at radius 3 is 2.68 bits per heavy atom. The molecule has 1 fully saturated rings. The van der Waals surface area contributed by atoms with Crippen LogP contribution in [0.25, 0.3) is 0 Å². The van der Waals surface area contributed by atoms with E-state index >= 15 is 0 Å². The molecule has 0 radical (unpaired) electrons. The lowest BCUT2D eigenvalue weighted by molar-refractivity contribution is 0.129. The molecule has 2 rings (SSSR count). The quantitative estimate of drug-likeness (QED) is 0.781. The van der Waals surface area contributed by atoms with E-state index in [2.05, 4.69) is 28.7 Å². The van der Waals surface area contributed by atoms with Crippen molar-refractivity contribution in [2.45, 2.75) is 45.6 Å². The monoisotopic (exact) mass is 260 g/mol. The number of nitrogens with zero attached hydrogens (tertiary/aromatic N) is 2. The maximum absolute atomic E-state index is 5.88. The highest BCUT2D eigenvalue weighted by atomic mass is 16.5. The molecule has 1 aromatic heterocycles. The standard InChI is InChI=1S/C15H20N2O2/c1-3-4-9-18-14-10-15(17-11-16-14)19-13-7-5-12(2)6-8-13/h10-13H,5-9H2,1-2H3/t12-,13-. The van der Waals surface area contributed by atoms with Crippen LogP contribution in [0.4, 0.5) is 0 Å². The maximum atomic E-state index is 5.88. The normalized spacial score (nSPS) is 22.2. The van der Waals surface area contributed by atoms with E-state index in [-0.39, 0.29) is 6.10 Å². The van der Waals surface area contributed by atoms with E-state index in [1.54, 1.807) is 13.0 Å². The zero-order chi connectivity index (χ0) is 13.5. The molecular formula is C15H20N2O2. The third kappa shape index (κ3) is 4.44.